The number of rotatable bonds is 4. The van der Waals surface area contributed by atoms with Gasteiger partial charge in [-0.05, 0) is 31.9 Å². The minimum Gasteiger partial charge on any atom is -0.744 e. The molecule has 1 heterocycles. The van der Waals surface area contributed by atoms with Gasteiger partial charge in [-0.25, -0.2) is 8.42 Å². The summed E-state index contributed by atoms with van der Waals surface area (Å²) in [7, 11) is 0.334. The second kappa shape index (κ2) is 9.03. The lowest BCUT2D eigenvalue weighted by Crippen LogP contribution is -2.56. The Hall–Kier alpha value is -0.600. The number of aryl methyl sites for hydroxylation is 1. The number of likely N-dealkylation sites (N-methyl/N-ethyl adjacent to an activating group) is 2. The van der Waals surface area contributed by atoms with Gasteiger partial charge < -0.3 is 9.04 Å². The lowest BCUT2D eigenvalue weighted by Gasteiger charge is -2.40. The van der Waals surface area contributed by atoms with E-state index in [0.29, 0.717) is 0 Å². The SMILES string of the molecule is CCSC[N+]1(C)CCN(C)CC1.Cc1ccc(S(=O)(=O)[O-])cc1. The number of quaternary nitrogens is 1. The van der Waals surface area contributed by atoms with Crippen LogP contribution in [0, 0.1) is 6.92 Å². The normalized spacial score (nSPS) is 18.1. The van der Waals surface area contributed by atoms with Crippen LogP contribution in [0.3, 0.4) is 0 Å². The van der Waals surface area contributed by atoms with Crippen molar-refractivity contribution in [3.8, 4) is 0 Å². The molecule has 0 radical (unpaired) electrons. The standard InChI is InChI=1S/C9H21N2S.C7H8O3S/c1-4-12-9-11(3)7-5-10(2)6-8-11;1-6-2-4-7(5-3-6)11(8,9)10/h4-9H2,1-3H3;2-5H,1H3,(H,8,9,10)/q+1;/p-1. The van der Waals surface area contributed by atoms with E-state index in [0.717, 1.165) is 5.56 Å². The van der Waals surface area contributed by atoms with Crippen molar-refractivity contribution in [2.75, 3.05) is 51.9 Å². The minimum absolute atomic E-state index is 0.178. The summed E-state index contributed by atoms with van der Waals surface area (Å²) < 4.78 is 32.4. The number of hydrogen-bond donors (Lipinski definition) is 0. The molecular formula is C16H28N2O3S2. The van der Waals surface area contributed by atoms with Crippen molar-refractivity contribution in [2.45, 2.75) is 18.7 Å². The molecule has 0 saturated carbocycles. The van der Waals surface area contributed by atoms with Crippen LogP contribution in [0.4, 0.5) is 0 Å². The summed E-state index contributed by atoms with van der Waals surface area (Å²) in [6.07, 6.45) is 0. The molecular weight excluding hydrogens is 332 g/mol. The van der Waals surface area contributed by atoms with E-state index in [9.17, 15) is 13.0 Å². The number of nitrogens with zero attached hydrogens (tertiary/aromatic N) is 2. The van der Waals surface area contributed by atoms with Crippen molar-refractivity contribution in [3.05, 3.63) is 29.8 Å². The Morgan fingerprint density at radius 1 is 1.22 bits per heavy atom. The van der Waals surface area contributed by atoms with Crippen molar-refractivity contribution < 1.29 is 17.5 Å². The molecule has 5 nitrogen and oxygen atoms in total. The summed E-state index contributed by atoms with van der Waals surface area (Å²) in [4.78, 5) is 2.25. The Labute approximate surface area is 145 Å². The third-order valence-corrected chi connectivity index (χ3v) is 6.02. The molecule has 1 aliphatic rings. The Morgan fingerprint density at radius 3 is 2.17 bits per heavy atom. The zero-order valence-electron chi connectivity index (χ0n) is 14.5. The average Bonchev–Trinajstić information content (AvgIpc) is 2.49. The van der Waals surface area contributed by atoms with Gasteiger partial charge in [0.05, 0.1) is 25.0 Å². The van der Waals surface area contributed by atoms with Gasteiger partial charge in [-0.15, -0.1) is 11.8 Å². The van der Waals surface area contributed by atoms with Crippen molar-refractivity contribution in [1.29, 1.82) is 0 Å². The lowest BCUT2D eigenvalue weighted by molar-refractivity contribution is -0.901. The minimum atomic E-state index is -4.27. The second-order valence-corrected chi connectivity index (χ2v) is 8.88. The van der Waals surface area contributed by atoms with Gasteiger partial charge in [0.2, 0.25) is 0 Å². The smallest absolute Gasteiger partial charge is 0.125 e. The van der Waals surface area contributed by atoms with Crippen LogP contribution >= 0.6 is 11.8 Å². The quantitative estimate of drug-likeness (QED) is 0.607. The molecule has 0 aliphatic carbocycles. The molecule has 1 aromatic carbocycles. The molecule has 0 bridgehead atoms. The van der Waals surface area contributed by atoms with E-state index >= 15 is 0 Å². The van der Waals surface area contributed by atoms with E-state index in [4.69, 9.17) is 0 Å². The molecule has 0 atom stereocenters. The summed E-state index contributed by atoms with van der Waals surface area (Å²) in [6, 6.07) is 5.78. The fraction of sp³-hybridized carbons (Fsp3) is 0.625. The van der Waals surface area contributed by atoms with Crippen molar-refractivity contribution in [2.24, 2.45) is 0 Å². The highest BCUT2D eigenvalue weighted by atomic mass is 32.2. The number of piperazine rings is 1. The van der Waals surface area contributed by atoms with Gasteiger partial charge in [0, 0.05) is 13.1 Å². The molecule has 1 aromatic rings. The monoisotopic (exact) mass is 360 g/mol. The van der Waals surface area contributed by atoms with E-state index in [1.54, 1.807) is 12.1 Å². The molecule has 1 fully saturated rings. The fourth-order valence-corrected chi connectivity index (χ4v) is 3.54. The molecule has 132 valence electrons. The molecule has 1 saturated heterocycles. The summed E-state index contributed by atoms with van der Waals surface area (Å²) in [5, 5.41) is 0. The Balaban J connectivity index is 0.000000231. The van der Waals surface area contributed by atoms with E-state index in [1.165, 1.54) is 54.4 Å². The van der Waals surface area contributed by atoms with E-state index < -0.39 is 10.1 Å². The second-order valence-electron chi connectivity index (χ2n) is 6.26. The topological polar surface area (TPSA) is 60.4 Å². The van der Waals surface area contributed by atoms with Crippen LogP contribution in [0.2, 0.25) is 0 Å². The highest BCUT2D eigenvalue weighted by Gasteiger charge is 2.26. The average molecular weight is 361 g/mol. The maximum atomic E-state index is 10.4. The Bertz CT molecular complexity index is 560. The van der Waals surface area contributed by atoms with Crippen molar-refractivity contribution in [1.82, 2.24) is 4.90 Å². The third kappa shape index (κ3) is 7.67. The third-order valence-electron chi connectivity index (χ3n) is 3.96. The molecule has 1 aliphatic heterocycles. The molecule has 23 heavy (non-hydrogen) atoms. The van der Waals surface area contributed by atoms with Gasteiger partial charge in [-0.1, -0.05) is 24.6 Å². The first kappa shape index (κ1) is 20.4. The summed E-state index contributed by atoms with van der Waals surface area (Å²) in [6.45, 7) is 9.24. The van der Waals surface area contributed by atoms with Crippen LogP contribution < -0.4 is 0 Å². The maximum Gasteiger partial charge on any atom is 0.125 e. The highest BCUT2D eigenvalue weighted by Crippen LogP contribution is 2.14. The van der Waals surface area contributed by atoms with Crippen LogP contribution in [-0.2, 0) is 10.1 Å². The first-order valence-corrected chi connectivity index (χ1v) is 10.3. The molecule has 0 N–H and O–H groups in total. The van der Waals surface area contributed by atoms with Gasteiger partial charge in [-0.3, -0.25) is 4.90 Å². The molecule has 0 amide bonds. The van der Waals surface area contributed by atoms with Gasteiger partial charge in [0.25, 0.3) is 0 Å². The van der Waals surface area contributed by atoms with E-state index in [1.807, 2.05) is 6.92 Å². The lowest BCUT2D eigenvalue weighted by atomic mass is 10.2. The van der Waals surface area contributed by atoms with Crippen molar-refractivity contribution in [3.63, 3.8) is 0 Å². The number of hydrogen-bond acceptors (Lipinski definition) is 5. The molecule has 0 spiro atoms. The van der Waals surface area contributed by atoms with Crippen LogP contribution in [-0.4, -0.2) is 74.3 Å². The summed E-state index contributed by atoms with van der Waals surface area (Å²) in [5.74, 6) is 2.55. The van der Waals surface area contributed by atoms with Crippen molar-refractivity contribution >= 4 is 21.9 Å². The Kier molecular flexibility index (Phi) is 8.03. The van der Waals surface area contributed by atoms with E-state index in [2.05, 4.69) is 37.7 Å². The maximum absolute atomic E-state index is 10.4. The van der Waals surface area contributed by atoms with Gasteiger partial charge >= 0.3 is 0 Å². The first-order valence-electron chi connectivity index (χ1n) is 7.79. The van der Waals surface area contributed by atoms with Crippen LogP contribution in [0.15, 0.2) is 29.2 Å². The fourth-order valence-electron chi connectivity index (χ4n) is 2.19. The van der Waals surface area contributed by atoms with Crippen LogP contribution in [0.1, 0.15) is 12.5 Å². The highest BCUT2D eigenvalue weighted by molar-refractivity contribution is 7.99. The summed E-state index contributed by atoms with van der Waals surface area (Å²) >= 11 is 2.07. The van der Waals surface area contributed by atoms with Crippen LogP contribution in [0.5, 0.6) is 0 Å². The summed E-state index contributed by atoms with van der Waals surface area (Å²) in [5.41, 5.74) is 0.928. The van der Waals surface area contributed by atoms with Crippen LogP contribution in [0.25, 0.3) is 0 Å². The zero-order chi connectivity index (χ0) is 17.5. The molecule has 7 heteroatoms. The van der Waals surface area contributed by atoms with Gasteiger partial charge in [0.1, 0.15) is 16.0 Å². The number of benzene rings is 1. The molecule has 0 unspecified atom stereocenters. The largest absolute Gasteiger partial charge is 0.744 e. The molecule has 0 aromatic heterocycles. The predicted molar refractivity (Wildman–Crippen MR) is 95.6 cm³/mol. The zero-order valence-corrected chi connectivity index (χ0v) is 16.1. The van der Waals surface area contributed by atoms with Gasteiger partial charge in [0.15, 0.2) is 0 Å². The van der Waals surface area contributed by atoms with Gasteiger partial charge in [-0.2, -0.15) is 0 Å². The van der Waals surface area contributed by atoms with E-state index in [-0.39, 0.29) is 4.90 Å². The first-order chi connectivity index (χ1) is 10.7. The Morgan fingerprint density at radius 2 is 1.74 bits per heavy atom. The predicted octanol–water partition coefficient (Wildman–Crippen LogP) is 1.99. The number of thioether (sulfide) groups is 1. The molecule has 2 rings (SSSR count).